The molecule has 0 atom stereocenters. The molecule has 1 aliphatic rings. The first-order valence-electron chi connectivity index (χ1n) is 7.16. The highest BCUT2D eigenvalue weighted by atomic mass is 15.2. The van der Waals surface area contributed by atoms with Gasteiger partial charge in [0.25, 0.3) is 0 Å². The van der Waals surface area contributed by atoms with Gasteiger partial charge in [0.05, 0.1) is 0 Å². The Kier molecular flexibility index (Phi) is 4.65. The lowest BCUT2D eigenvalue weighted by Gasteiger charge is -2.50. The van der Waals surface area contributed by atoms with Crippen molar-refractivity contribution >= 4 is 0 Å². The first kappa shape index (κ1) is 15.0. The standard InChI is InChI=1S/C15H32N2/c1-12(2)17(6)15(11-16)9-7-13(8-10-15)14(3,4)5/h12-13H,7-11,16H2,1-6H3. The molecule has 0 radical (unpaired) electrons. The van der Waals surface area contributed by atoms with Crippen molar-refractivity contribution in [1.29, 1.82) is 0 Å². The van der Waals surface area contributed by atoms with Crippen LogP contribution in [0.2, 0.25) is 0 Å². The van der Waals surface area contributed by atoms with Gasteiger partial charge in [0.15, 0.2) is 0 Å². The third-order valence-electron chi connectivity index (χ3n) is 5.04. The van der Waals surface area contributed by atoms with Crippen molar-refractivity contribution < 1.29 is 0 Å². The fourth-order valence-corrected chi connectivity index (χ4v) is 3.27. The molecule has 0 bridgehead atoms. The Hall–Kier alpha value is -0.0800. The van der Waals surface area contributed by atoms with Crippen molar-refractivity contribution in [3.8, 4) is 0 Å². The molecule has 0 aliphatic heterocycles. The third-order valence-corrected chi connectivity index (χ3v) is 5.04. The molecule has 1 saturated carbocycles. The van der Waals surface area contributed by atoms with Crippen LogP contribution in [0.1, 0.15) is 60.3 Å². The molecule has 1 aliphatic carbocycles. The van der Waals surface area contributed by atoms with Crippen molar-refractivity contribution in [3.63, 3.8) is 0 Å². The van der Waals surface area contributed by atoms with E-state index < -0.39 is 0 Å². The van der Waals surface area contributed by atoms with Gasteiger partial charge < -0.3 is 5.73 Å². The van der Waals surface area contributed by atoms with E-state index in [0.717, 1.165) is 12.5 Å². The van der Waals surface area contributed by atoms with E-state index in [1.165, 1.54) is 25.7 Å². The fraction of sp³-hybridized carbons (Fsp3) is 1.00. The second kappa shape index (κ2) is 5.27. The lowest BCUT2D eigenvalue weighted by atomic mass is 9.66. The molecule has 0 aromatic rings. The lowest BCUT2D eigenvalue weighted by molar-refractivity contribution is 0.0203. The van der Waals surface area contributed by atoms with Crippen LogP contribution in [0.3, 0.4) is 0 Å². The summed E-state index contributed by atoms with van der Waals surface area (Å²) in [5.74, 6) is 0.864. The number of hydrogen-bond acceptors (Lipinski definition) is 2. The summed E-state index contributed by atoms with van der Waals surface area (Å²) in [5.41, 5.74) is 6.81. The minimum Gasteiger partial charge on any atom is -0.329 e. The SMILES string of the molecule is CC(C)N(C)C1(CN)CCC(C(C)(C)C)CC1. The first-order valence-corrected chi connectivity index (χ1v) is 7.16. The molecule has 102 valence electrons. The minimum absolute atomic E-state index is 0.260. The van der Waals surface area contributed by atoms with E-state index in [1.807, 2.05) is 0 Å². The normalized spacial score (nSPS) is 31.2. The van der Waals surface area contributed by atoms with Crippen molar-refractivity contribution in [1.82, 2.24) is 4.90 Å². The molecule has 0 spiro atoms. The average Bonchev–Trinajstić information content (AvgIpc) is 2.26. The van der Waals surface area contributed by atoms with E-state index >= 15 is 0 Å². The van der Waals surface area contributed by atoms with E-state index in [0.29, 0.717) is 11.5 Å². The second-order valence-corrected chi connectivity index (χ2v) is 7.27. The van der Waals surface area contributed by atoms with E-state index in [1.54, 1.807) is 0 Å². The molecule has 0 heterocycles. The van der Waals surface area contributed by atoms with Crippen LogP contribution < -0.4 is 5.73 Å². The average molecular weight is 240 g/mol. The molecule has 17 heavy (non-hydrogen) atoms. The Labute approximate surface area is 108 Å². The zero-order valence-electron chi connectivity index (χ0n) is 12.7. The smallest absolute Gasteiger partial charge is 0.0331 e. The van der Waals surface area contributed by atoms with Crippen molar-refractivity contribution in [3.05, 3.63) is 0 Å². The number of nitrogens with two attached hydrogens (primary N) is 1. The Morgan fingerprint density at radius 3 is 2.00 bits per heavy atom. The monoisotopic (exact) mass is 240 g/mol. The Morgan fingerprint density at radius 1 is 1.24 bits per heavy atom. The molecular weight excluding hydrogens is 208 g/mol. The lowest BCUT2D eigenvalue weighted by Crippen LogP contribution is -2.56. The van der Waals surface area contributed by atoms with Gasteiger partial charge in [-0.2, -0.15) is 0 Å². The molecule has 2 N–H and O–H groups in total. The van der Waals surface area contributed by atoms with Crippen molar-refractivity contribution in [2.45, 2.75) is 71.9 Å². The van der Waals surface area contributed by atoms with Gasteiger partial charge in [0, 0.05) is 18.1 Å². The highest BCUT2D eigenvalue weighted by molar-refractivity contribution is 4.97. The number of likely N-dealkylation sites (N-methyl/N-ethyl adjacent to an activating group) is 1. The van der Waals surface area contributed by atoms with Gasteiger partial charge in [0.2, 0.25) is 0 Å². The summed E-state index contributed by atoms with van der Waals surface area (Å²) in [7, 11) is 2.24. The Morgan fingerprint density at radius 2 is 1.71 bits per heavy atom. The zero-order chi connectivity index (χ0) is 13.3. The highest BCUT2D eigenvalue weighted by Crippen LogP contribution is 2.43. The maximum atomic E-state index is 6.09. The van der Waals surface area contributed by atoms with Gasteiger partial charge in [-0.3, -0.25) is 4.90 Å². The van der Waals surface area contributed by atoms with Gasteiger partial charge in [-0.15, -0.1) is 0 Å². The molecule has 0 amide bonds. The largest absolute Gasteiger partial charge is 0.329 e. The van der Waals surface area contributed by atoms with Crippen LogP contribution in [-0.4, -0.2) is 30.1 Å². The number of rotatable bonds is 3. The van der Waals surface area contributed by atoms with Gasteiger partial charge in [-0.1, -0.05) is 20.8 Å². The van der Waals surface area contributed by atoms with E-state index in [4.69, 9.17) is 5.73 Å². The number of hydrogen-bond donors (Lipinski definition) is 1. The van der Waals surface area contributed by atoms with E-state index in [9.17, 15) is 0 Å². The predicted octanol–water partition coefficient (Wildman–Crippen LogP) is 3.26. The summed E-state index contributed by atoms with van der Waals surface area (Å²) >= 11 is 0. The Balaban J connectivity index is 2.70. The molecule has 0 unspecified atom stereocenters. The van der Waals surface area contributed by atoms with Crippen LogP contribution in [0, 0.1) is 11.3 Å². The van der Waals surface area contributed by atoms with Crippen LogP contribution in [0.15, 0.2) is 0 Å². The zero-order valence-corrected chi connectivity index (χ0v) is 12.7. The summed E-state index contributed by atoms with van der Waals surface area (Å²) in [5, 5.41) is 0. The second-order valence-electron chi connectivity index (χ2n) is 7.27. The van der Waals surface area contributed by atoms with Crippen LogP contribution in [0.25, 0.3) is 0 Å². The molecule has 1 rings (SSSR count). The molecule has 0 aromatic carbocycles. The minimum atomic E-state index is 0.260. The number of nitrogens with zero attached hydrogens (tertiary/aromatic N) is 1. The molecule has 2 heteroatoms. The third kappa shape index (κ3) is 3.23. The summed E-state index contributed by atoms with van der Waals surface area (Å²) in [4.78, 5) is 2.51. The van der Waals surface area contributed by atoms with E-state index in [2.05, 4.69) is 46.6 Å². The maximum absolute atomic E-state index is 6.09. The predicted molar refractivity (Wildman–Crippen MR) is 76.1 cm³/mol. The first-order chi connectivity index (χ1) is 7.73. The van der Waals surface area contributed by atoms with Crippen LogP contribution in [-0.2, 0) is 0 Å². The molecule has 1 fully saturated rings. The summed E-state index contributed by atoms with van der Waals surface area (Å²) in [6.07, 6.45) is 5.19. The van der Waals surface area contributed by atoms with Gasteiger partial charge in [-0.25, -0.2) is 0 Å². The van der Waals surface area contributed by atoms with Crippen molar-refractivity contribution in [2.75, 3.05) is 13.6 Å². The van der Waals surface area contributed by atoms with Crippen LogP contribution in [0.4, 0.5) is 0 Å². The summed E-state index contributed by atoms with van der Waals surface area (Å²) < 4.78 is 0. The summed E-state index contributed by atoms with van der Waals surface area (Å²) in [6, 6.07) is 0.588. The van der Waals surface area contributed by atoms with E-state index in [-0.39, 0.29) is 5.54 Å². The fourth-order valence-electron chi connectivity index (χ4n) is 3.27. The van der Waals surface area contributed by atoms with Gasteiger partial charge in [-0.05, 0) is 57.9 Å². The van der Waals surface area contributed by atoms with Crippen LogP contribution in [0.5, 0.6) is 0 Å². The topological polar surface area (TPSA) is 29.3 Å². The van der Waals surface area contributed by atoms with Crippen LogP contribution >= 0.6 is 0 Å². The van der Waals surface area contributed by atoms with Gasteiger partial charge in [0.1, 0.15) is 0 Å². The highest BCUT2D eigenvalue weighted by Gasteiger charge is 2.40. The quantitative estimate of drug-likeness (QED) is 0.820. The van der Waals surface area contributed by atoms with Crippen molar-refractivity contribution in [2.24, 2.45) is 17.1 Å². The molecule has 0 aromatic heterocycles. The molecular formula is C15H32N2. The molecule has 2 nitrogen and oxygen atoms in total. The van der Waals surface area contributed by atoms with Gasteiger partial charge >= 0.3 is 0 Å². The summed E-state index contributed by atoms with van der Waals surface area (Å²) in [6.45, 7) is 12.5. The maximum Gasteiger partial charge on any atom is 0.0331 e. The Bertz CT molecular complexity index is 232. The molecule has 0 saturated heterocycles.